The Balaban J connectivity index is 1.42. The van der Waals surface area contributed by atoms with Crippen LogP contribution >= 0.6 is 0 Å². The van der Waals surface area contributed by atoms with E-state index in [0.29, 0.717) is 13.2 Å². The van der Waals surface area contributed by atoms with Gasteiger partial charge in [-0.3, -0.25) is 4.68 Å². The zero-order chi connectivity index (χ0) is 20.3. The average molecular weight is 412 g/mol. The lowest BCUT2D eigenvalue weighted by Crippen LogP contribution is -2.32. The fourth-order valence-corrected chi connectivity index (χ4v) is 4.63. The Kier molecular flexibility index (Phi) is 5.80. The molecule has 0 saturated heterocycles. The van der Waals surface area contributed by atoms with Gasteiger partial charge in [0, 0.05) is 12.7 Å². The van der Waals surface area contributed by atoms with Crippen LogP contribution in [0, 0.1) is 6.92 Å². The lowest BCUT2D eigenvalue weighted by Gasteiger charge is -2.22. The Morgan fingerprint density at radius 2 is 1.86 bits per heavy atom. The van der Waals surface area contributed by atoms with E-state index in [1.165, 1.54) is 5.56 Å². The molecule has 0 amide bonds. The fourth-order valence-electron chi connectivity index (χ4n) is 3.50. The minimum absolute atomic E-state index is 0.0463. The molecule has 0 aliphatic carbocycles. The van der Waals surface area contributed by atoms with Crippen LogP contribution in [0.3, 0.4) is 0 Å². The Morgan fingerprint density at radius 1 is 1.10 bits per heavy atom. The van der Waals surface area contributed by atoms with Crippen LogP contribution in [0.2, 0.25) is 0 Å². The largest absolute Gasteiger partial charge is 0.370 e. The third-order valence-electron chi connectivity index (χ3n) is 5.02. The highest BCUT2D eigenvalue weighted by atomic mass is 32.2. The summed E-state index contributed by atoms with van der Waals surface area (Å²) in [6.07, 6.45) is 2.46. The molecule has 1 atom stereocenters. The normalized spacial score (nSPS) is 16.5. The van der Waals surface area contributed by atoms with Crippen LogP contribution in [0.1, 0.15) is 34.1 Å². The molecule has 0 saturated carbocycles. The number of hydrogen-bond acceptors (Lipinski definition) is 4. The molecule has 1 aromatic heterocycles. The summed E-state index contributed by atoms with van der Waals surface area (Å²) in [5.41, 5.74) is 4.98. The smallest absolute Gasteiger partial charge is 0.215 e. The van der Waals surface area contributed by atoms with Gasteiger partial charge in [0.25, 0.3) is 0 Å². The van der Waals surface area contributed by atoms with Crippen molar-refractivity contribution in [3.8, 4) is 0 Å². The van der Waals surface area contributed by atoms with Gasteiger partial charge in [0.05, 0.1) is 24.6 Å². The van der Waals surface area contributed by atoms with Crippen molar-refractivity contribution >= 4 is 10.0 Å². The zero-order valence-corrected chi connectivity index (χ0v) is 17.2. The van der Waals surface area contributed by atoms with E-state index in [1.54, 1.807) is 0 Å². The molecule has 0 unspecified atom stereocenters. The van der Waals surface area contributed by atoms with Gasteiger partial charge >= 0.3 is 0 Å². The van der Waals surface area contributed by atoms with Gasteiger partial charge in [-0.15, -0.1) is 0 Å². The summed E-state index contributed by atoms with van der Waals surface area (Å²) < 4.78 is 35.4. The highest BCUT2D eigenvalue weighted by Gasteiger charge is 2.26. The second kappa shape index (κ2) is 8.49. The van der Waals surface area contributed by atoms with Gasteiger partial charge in [-0.05, 0) is 30.0 Å². The number of rotatable bonds is 7. The monoisotopic (exact) mass is 411 g/mol. The summed E-state index contributed by atoms with van der Waals surface area (Å²) >= 11 is 0. The molecule has 29 heavy (non-hydrogen) atoms. The summed E-state index contributed by atoms with van der Waals surface area (Å²) in [7, 11) is -3.46. The second-order valence-corrected chi connectivity index (χ2v) is 9.23. The molecule has 7 heteroatoms. The molecule has 0 fully saturated rings. The van der Waals surface area contributed by atoms with Gasteiger partial charge in [0.1, 0.15) is 6.10 Å². The van der Waals surface area contributed by atoms with Crippen molar-refractivity contribution in [2.24, 2.45) is 0 Å². The predicted octanol–water partition coefficient (Wildman–Crippen LogP) is 2.97. The second-order valence-electron chi connectivity index (χ2n) is 7.43. The molecule has 4 rings (SSSR count). The standard InChI is InChI=1S/C22H25N3O3S/c1-17-7-9-19(10-8-17)16-29(26,27)23-13-21-22-20(11-12-28-21)15-25(24-22)14-18-5-3-2-4-6-18/h2-10,15,21,23H,11-14,16H2,1H3/t21-/m1/s1. The summed E-state index contributed by atoms with van der Waals surface area (Å²) in [5, 5.41) is 4.68. The number of nitrogens with one attached hydrogen (secondary N) is 1. The number of aryl methyl sites for hydroxylation is 1. The van der Waals surface area contributed by atoms with E-state index in [1.807, 2.05) is 60.3 Å². The average Bonchev–Trinajstić information content (AvgIpc) is 3.12. The molecule has 0 radical (unpaired) electrons. The van der Waals surface area contributed by atoms with Crippen molar-refractivity contribution in [2.75, 3.05) is 13.2 Å². The van der Waals surface area contributed by atoms with Crippen molar-refractivity contribution in [3.63, 3.8) is 0 Å². The Hall–Kier alpha value is -2.48. The van der Waals surface area contributed by atoms with E-state index < -0.39 is 10.0 Å². The predicted molar refractivity (Wildman–Crippen MR) is 112 cm³/mol. The van der Waals surface area contributed by atoms with Gasteiger partial charge < -0.3 is 4.74 Å². The van der Waals surface area contributed by atoms with E-state index >= 15 is 0 Å². The molecule has 2 heterocycles. The summed E-state index contributed by atoms with van der Waals surface area (Å²) in [4.78, 5) is 0. The van der Waals surface area contributed by atoms with E-state index in [0.717, 1.165) is 28.8 Å². The van der Waals surface area contributed by atoms with Crippen LogP contribution < -0.4 is 4.72 Å². The SMILES string of the molecule is Cc1ccc(CS(=O)(=O)NC[C@H]2OCCc3cn(Cc4ccccc4)nc32)cc1. The van der Waals surface area contributed by atoms with Crippen LogP contribution in [0.15, 0.2) is 60.8 Å². The fraction of sp³-hybridized carbons (Fsp3) is 0.318. The first kappa shape index (κ1) is 19.8. The molecular formula is C22H25N3O3S. The molecule has 1 N–H and O–H groups in total. The number of aromatic nitrogens is 2. The molecule has 0 spiro atoms. The van der Waals surface area contributed by atoms with E-state index in [9.17, 15) is 8.42 Å². The topological polar surface area (TPSA) is 73.2 Å². The molecule has 1 aliphatic rings. The minimum atomic E-state index is -3.46. The van der Waals surface area contributed by atoms with E-state index in [4.69, 9.17) is 4.74 Å². The molecule has 152 valence electrons. The highest BCUT2D eigenvalue weighted by Crippen LogP contribution is 2.26. The van der Waals surface area contributed by atoms with Crippen LogP contribution in [0.4, 0.5) is 0 Å². The maximum absolute atomic E-state index is 12.5. The molecule has 2 aromatic carbocycles. The number of fused-ring (bicyclic) bond motifs is 1. The summed E-state index contributed by atoms with van der Waals surface area (Å²) in [5.74, 6) is -0.0463. The third kappa shape index (κ3) is 5.12. The van der Waals surface area contributed by atoms with E-state index in [2.05, 4.69) is 22.0 Å². The van der Waals surface area contributed by atoms with E-state index in [-0.39, 0.29) is 18.4 Å². The first-order chi connectivity index (χ1) is 14.0. The highest BCUT2D eigenvalue weighted by molar-refractivity contribution is 7.88. The number of hydrogen-bond donors (Lipinski definition) is 1. The van der Waals surface area contributed by atoms with Gasteiger partial charge in [0.2, 0.25) is 10.0 Å². The van der Waals surface area contributed by atoms with Crippen molar-refractivity contribution < 1.29 is 13.2 Å². The third-order valence-corrected chi connectivity index (χ3v) is 6.34. The number of benzene rings is 2. The Bertz CT molecular complexity index is 1060. The van der Waals surface area contributed by atoms with Gasteiger partial charge in [-0.2, -0.15) is 5.10 Å². The van der Waals surface area contributed by atoms with Gasteiger partial charge in [0.15, 0.2) is 0 Å². The van der Waals surface area contributed by atoms with Crippen LogP contribution in [0.5, 0.6) is 0 Å². The first-order valence-corrected chi connectivity index (χ1v) is 11.4. The zero-order valence-electron chi connectivity index (χ0n) is 16.4. The maximum atomic E-state index is 12.5. The van der Waals surface area contributed by atoms with Crippen LogP contribution in [-0.4, -0.2) is 31.3 Å². The molecule has 0 bridgehead atoms. The van der Waals surface area contributed by atoms with Gasteiger partial charge in [-0.1, -0.05) is 60.2 Å². The molecule has 6 nitrogen and oxygen atoms in total. The van der Waals surface area contributed by atoms with Crippen LogP contribution in [0.25, 0.3) is 0 Å². The Labute approximate surface area is 171 Å². The summed E-state index contributed by atoms with van der Waals surface area (Å²) in [6, 6.07) is 17.7. The van der Waals surface area contributed by atoms with Crippen molar-refractivity contribution in [1.29, 1.82) is 0 Å². The van der Waals surface area contributed by atoms with Crippen molar-refractivity contribution in [1.82, 2.24) is 14.5 Å². The van der Waals surface area contributed by atoms with Crippen LogP contribution in [-0.2, 0) is 33.5 Å². The lowest BCUT2D eigenvalue weighted by atomic mass is 10.1. The molecule has 1 aliphatic heterocycles. The van der Waals surface area contributed by atoms with Crippen molar-refractivity contribution in [3.05, 3.63) is 88.7 Å². The molecular weight excluding hydrogens is 386 g/mol. The Morgan fingerprint density at radius 3 is 2.62 bits per heavy atom. The molecule has 3 aromatic rings. The first-order valence-electron chi connectivity index (χ1n) is 9.73. The maximum Gasteiger partial charge on any atom is 0.215 e. The van der Waals surface area contributed by atoms with Gasteiger partial charge in [-0.25, -0.2) is 13.1 Å². The summed E-state index contributed by atoms with van der Waals surface area (Å²) in [6.45, 7) is 3.41. The number of ether oxygens (including phenoxy) is 1. The lowest BCUT2D eigenvalue weighted by molar-refractivity contribution is 0.0430. The quantitative estimate of drug-likeness (QED) is 0.649. The van der Waals surface area contributed by atoms with Crippen molar-refractivity contribution in [2.45, 2.75) is 31.7 Å². The minimum Gasteiger partial charge on any atom is -0.370 e. The number of sulfonamides is 1. The number of nitrogens with zero attached hydrogens (tertiary/aromatic N) is 2.